The summed E-state index contributed by atoms with van der Waals surface area (Å²) in [4.78, 5) is 14.0. The summed E-state index contributed by atoms with van der Waals surface area (Å²) in [6, 6.07) is 0.412. The summed E-state index contributed by atoms with van der Waals surface area (Å²) in [5, 5.41) is 3.56. The highest BCUT2D eigenvalue weighted by atomic mass is 16.6. The molecule has 0 aromatic rings. The molecule has 1 rings (SSSR count). The van der Waals surface area contributed by atoms with Crippen LogP contribution in [0, 0.1) is 5.92 Å². The van der Waals surface area contributed by atoms with Gasteiger partial charge in [0.15, 0.2) is 0 Å². The van der Waals surface area contributed by atoms with Gasteiger partial charge in [-0.1, -0.05) is 26.0 Å². The molecule has 4 nitrogen and oxygen atoms in total. The van der Waals surface area contributed by atoms with E-state index in [-0.39, 0.29) is 6.09 Å². The molecule has 1 aliphatic rings. The number of carbonyl (C=O) groups excluding carboxylic acids is 1. The fraction of sp³-hybridized carbons (Fsp3) is 0.824. The van der Waals surface area contributed by atoms with Crippen LogP contribution in [-0.4, -0.2) is 42.3 Å². The molecule has 2 unspecified atom stereocenters. The molecule has 0 radical (unpaired) electrons. The van der Waals surface area contributed by atoms with Crippen molar-refractivity contribution in [2.75, 3.05) is 19.6 Å². The van der Waals surface area contributed by atoms with Crippen LogP contribution in [-0.2, 0) is 4.74 Å². The van der Waals surface area contributed by atoms with Crippen molar-refractivity contribution in [3.8, 4) is 0 Å². The highest BCUT2D eigenvalue weighted by Gasteiger charge is 2.33. The quantitative estimate of drug-likeness (QED) is 0.762. The molecule has 0 bridgehead atoms. The lowest BCUT2D eigenvalue weighted by atomic mass is 9.92. The van der Waals surface area contributed by atoms with E-state index in [4.69, 9.17) is 4.74 Å². The second kappa shape index (κ2) is 7.83. The van der Waals surface area contributed by atoms with Crippen molar-refractivity contribution in [2.24, 2.45) is 5.92 Å². The Bertz CT molecular complexity index is 360. The minimum absolute atomic E-state index is 0.186. The molecule has 2 atom stereocenters. The zero-order valence-electron chi connectivity index (χ0n) is 14.4. The van der Waals surface area contributed by atoms with Crippen LogP contribution >= 0.6 is 0 Å². The zero-order chi connectivity index (χ0) is 16.0. The van der Waals surface area contributed by atoms with E-state index in [1.165, 1.54) is 5.57 Å². The normalized spacial score (nSPS) is 20.4. The molecule has 0 aliphatic carbocycles. The van der Waals surface area contributed by atoms with Crippen LogP contribution in [0.3, 0.4) is 0 Å². The Kier molecular flexibility index (Phi) is 6.72. The number of ether oxygens (including phenoxy) is 1. The number of rotatable bonds is 6. The predicted molar refractivity (Wildman–Crippen MR) is 87.4 cm³/mol. The molecule has 1 fully saturated rings. The van der Waals surface area contributed by atoms with Crippen LogP contribution in [0.4, 0.5) is 4.79 Å². The number of amides is 1. The highest BCUT2D eigenvalue weighted by Crippen LogP contribution is 2.25. The van der Waals surface area contributed by atoms with Gasteiger partial charge in [-0.15, -0.1) is 0 Å². The summed E-state index contributed by atoms with van der Waals surface area (Å²) in [5.74, 6) is 0.487. The second-order valence-electron chi connectivity index (χ2n) is 6.95. The molecular formula is C17H32N2O2. The first-order chi connectivity index (χ1) is 9.76. The van der Waals surface area contributed by atoms with Gasteiger partial charge >= 0.3 is 6.09 Å². The van der Waals surface area contributed by atoms with Gasteiger partial charge in [-0.05, 0) is 52.5 Å². The molecule has 0 saturated carbocycles. The van der Waals surface area contributed by atoms with E-state index >= 15 is 0 Å². The van der Waals surface area contributed by atoms with Crippen LogP contribution in [0.2, 0.25) is 0 Å². The zero-order valence-corrected chi connectivity index (χ0v) is 14.4. The fourth-order valence-electron chi connectivity index (χ4n) is 2.73. The first kappa shape index (κ1) is 18.0. The third-order valence-electron chi connectivity index (χ3n) is 3.92. The minimum atomic E-state index is -0.424. The van der Waals surface area contributed by atoms with Gasteiger partial charge in [0, 0.05) is 19.1 Å². The Labute approximate surface area is 129 Å². The predicted octanol–water partition coefficient (Wildman–Crippen LogP) is 3.58. The largest absolute Gasteiger partial charge is 0.444 e. The van der Waals surface area contributed by atoms with Gasteiger partial charge in [-0.2, -0.15) is 0 Å². The van der Waals surface area contributed by atoms with Crippen LogP contribution in [0.5, 0.6) is 0 Å². The van der Waals surface area contributed by atoms with Gasteiger partial charge in [0.2, 0.25) is 0 Å². The van der Waals surface area contributed by atoms with Gasteiger partial charge in [0.25, 0.3) is 0 Å². The lowest BCUT2D eigenvalue weighted by Crippen LogP contribution is -2.40. The highest BCUT2D eigenvalue weighted by molar-refractivity contribution is 5.68. The van der Waals surface area contributed by atoms with Gasteiger partial charge in [-0.3, -0.25) is 0 Å². The number of hydrogen-bond acceptors (Lipinski definition) is 3. The van der Waals surface area contributed by atoms with E-state index in [1.807, 2.05) is 25.7 Å². The molecule has 1 heterocycles. The summed E-state index contributed by atoms with van der Waals surface area (Å²) < 4.78 is 5.46. The molecule has 1 amide bonds. The summed E-state index contributed by atoms with van der Waals surface area (Å²) >= 11 is 0. The van der Waals surface area contributed by atoms with Crippen molar-refractivity contribution in [1.82, 2.24) is 10.2 Å². The fourth-order valence-corrected chi connectivity index (χ4v) is 2.73. The van der Waals surface area contributed by atoms with Crippen molar-refractivity contribution in [1.29, 1.82) is 0 Å². The Balaban J connectivity index is 2.57. The van der Waals surface area contributed by atoms with Crippen molar-refractivity contribution in [3.63, 3.8) is 0 Å². The molecular weight excluding hydrogens is 264 g/mol. The summed E-state index contributed by atoms with van der Waals surface area (Å²) in [6.45, 7) is 16.6. The molecule has 1 N–H and O–H groups in total. The van der Waals surface area contributed by atoms with E-state index in [0.717, 1.165) is 38.9 Å². The van der Waals surface area contributed by atoms with E-state index in [1.54, 1.807) is 0 Å². The molecule has 4 heteroatoms. The van der Waals surface area contributed by atoms with E-state index in [0.29, 0.717) is 12.0 Å². The molecule has 122 valence electrons. The van der Waals surface area contributed by atoms with E-state index in [2.05, 4.69) is 25.7 Å². The van der Waals surface area contributed by atoms with Crippen LogP contribution in [0.15, 0.2) is 12.2 Å². The number of likely N-dealkylation sites (tertiary alicyclic amines) is 1. The average molecular weight is 296 g/mol. The number of hydrogen-bond donors (Lipinski definition) is 1. The Morgan fingerprint density at radius 2 is 2.10 bits per heavy atom. The van der Waals surface area contributed by atoms with Gasteiger partial charge in [0.1, 0.15) is 5.60 Å². The number of carbonyl (C=O) groups is 1. The van der Waals surface area contributed by atoms with Gasteiger partial charge < -0.3 is 15.0 Å². The second-order valence-corrected chi connectivity index (χ2v) is 6.95. The van der Waals surface area contributed by atoms with Crippen molar-refractivity contribution < 1.29 is 9.53 Å². The molecule has 21 heavy (non-hydrogen) atoms. The first-order valence-corrected chi connectivity index (χ1v) is 8.14. The topological polar surface area (TPSA) is 41.6 Å². The Morgan fingerprint density at radius 3 is 2.62 bits per heavy atom. The maximum atomic E-state index is 12.1. The van der Waals surface area contributed by atoms with Crippen molar-refractivity contribution in [3.05, 3.63) is 12.2 Å². The lowest BCUT2D eigenvalue weighted by Gasteiger charge is -2.27. The van der Waals surface area contributed by atoms with Crippen LogP contribution in [0.25, 0.3) is 0 Å². The minimum Gasteiger partial charge on any atom is -0.444 e. The Hall–Kier alpha value is -1.03. The smallest absolute Gasteiger partial charge is 0.410 e. The Morgan fingerprint density at radius 1 is 1.43 bits per heavy atom. The SMILES string of the molecule is C=C(CC)CC(NCC)C1CCN(C(=O)OC(C)(C)C)C1. The van der Waals surface area contributed by atoms with E-state index < -0.39 is 5.60 Å². The summed E-state index contributed by atoms with van der Waals surface area (Å²) in [7, 11) is 0. The van der Waals surface area contributed by atoms with E-state index in [9.17, 15) is 4.79 Å². The number of nitrogens with zero attached hydrogens (tertiary/aromatic N) is 1. The summed E-state index contributed by atoms with van der Waals surface area (Å²) in [5.41, 5.74) is 0.851. The van der Waals surface area contributed by atoms with Crippen LogP contribution in [0.1, 0.15) is 53.9 Å². The standard InChI is InChI=1S/C17H32N2O2/c1-7-13(3)11-15(18-8-2)14-9-10-19(12-14)16(20)21-17(4,5)6/h14-15,18H,3,7-12H2,1-2,4-6H3. The number of nitrogens with one attached hydrogen (secondary N) is 1. The van der Waals surface area contributed by atoms with Crippen molar-refractivity contribution >= 4 is 6.09 Å². The van der Waals surface area contributed by atoms with Gasteiger partial charge in [-0.25, -0.2) is 4.79 Å². The maximum absolute atomic E-state index is 12.1. The molecule has 1 aliphatic heterocycles. The lowest BCUT2D eigenvalue weighted by molar-refractivity contribution is 0.0285. The summed E-state index contributed by atoms with van der Waals surface area (Å²) in [6.07, 6.45) is 2.87. The molecule has 0 aromatic heterocycles. The van der Waals surface area contributed by atoms with Crippen LogP contribution < -0.4 is 5.32 Å². The average Bonchev–Trinajstić information content (AvgIpc) is 2.85. The molecule has 0 aromatic carbocycles. The molecule has 1 saturated heterocycles. The maximum Gasteiger partial charge on any atom is 0.410 e. The monoisotopic (exact) mass is 296 g/mol. The molecule has 0 spiro atoms. The third-order valence-corrected chi connectivity index (χ3v) is 3.92. The van der Waals surface area contributed by atoms with Crippen molar-refractivity contribution in [2.45, 2.75) is 65.5 Å². The third kappa shape index (κ3) is 6.08. The first-order valence-electron chi connectivity index (χ1n) is 8.14. The van der Waals surface area contributed by atoms with Gasteiger partial charge in [0.05, 0.1) is 0 Å².